The van der Waals surface area contributed by atoms with E-state index in [1.165, 1.54) is 42.2 Å². The van der Waals surface area contributed by atoms with Gasteiger partial charge in [0.25, 0.3) is 0 Å². The molecule has 0 amide bonds. The summed E-state index contributed by atoms with van der Waals surface area (Å²) in [5, 5.41) is 2.99. The van der Waals surface area contributed by atoms with Gasteiger partial charge in [-0.3, -0.25) is 0 Å². The molecule has 2 unspecified atom stereocenters. The topological polar surface area (TPSA) is 18.5 Å². The smallest absolute Gasteiger partial charge is 0.0271 e. The molecule has 2 heterocycles. The summed E-state index contributed by atoms with van der Waals surface area (Å²) in [5.74, 6) is 0. The molecule has 2 saturated heterocycles. The Kier molecular flexibility index (Phi) is 21.9. The minimum Gasteiger partial charge on any atom is -0.0904 e. The van der Waals surface area contributed by atoms with Crippen molar-refractivity contribution in [2.45, 2.75) is 32.1 Å². The van der Waals surface area contributed by atoms with E-state index in [9.17, 15) is 0 Å². The van der Waals surface area contributed by atoms with Gasteiger partial charge in [-0.05, 0) is 29.4 Å². The molecule has 7 heteroatoms. The molecular weight excluding hydrogens is 532 g/mol. The number of benzene rings is 2. The third kappa shape index (κ3) is 18.3. The van der Waals surface area contributed by atoms with Crippen molar-refractivity contribution in [3.63, 3.8) is 0 Å². The molecule has 0 N–H and O–H groups in total. The van der Waals surface area contributed by atoms with E-state index < -0.39 is 20.8 Å². The van der Waals surface area contributed by atoms with E-state index in [0.717, 1.165) is 43.2 Å². The minimum absolute atomic E-state index is 0.826. The van der Waals surface area contributed by atoms with Crippen LogP contribution < -0.4 is 10.6 Å². The van der Waals surface area contributed by atoms with Crippen molar-refractivity contribution >= 4 is 44.8 Å². The van der Waals surface area contributed by atoms with E-state index in [1.54, 1.807) is 0 Å². The number of halogens is 2. The van der Waals surface area contributed by atoms with Gasteiger partial charge in [-0.1, -0.05) is 90.7 Å². The van der Waals surface area contributed by atoms with Gasteiger partial charge in [-0.2, -0.15) is 12.8 Å². The molecule has 0 radical (unpaired) electrons. The van der Waals surface area contributed by atoms with Crippen molar-refractivity contribution in [3.05, 3.63) is 73.9 Å². The first kappa shape index (κ1) is 28.7. The summed E-state index contributed by atoms with van der Waals surface area (Å²) < 4.78 is 9.64. The largest absolute Gasteiger partial charge is 0.0904 e. The van der Waals surface area contributed by atoms with Crippen molar-refractivity contribution in [3.8, 4) is 0 Å². The van der Waals surface area contributed by atoms with Gasteiger partial charge in [-0.25, -0.2) is 13.2 Å². The molecule has 2 aromatic carbocycles. The zero-order chi connectivity index (χ0) is 21.5. The normalized spacial score (nSPS) is 15.0. The summed E-state index contributed by atoms with van der Waals surface area (Å²) in [7, 11) is 11.8. The fourth-order valence-electron chi connectivity index (χ4n) is 2.50. The Balaban J connectivity index is 0.000000279. The second-order valence-electron chi connectivity index (χ2n) is 6.37. The molecular formula is C23H32Cl2O2P2Zr. The predicted octanol–water partition coefficient (Wildman–Crippen LogP) is 6.68. The van der Waals surface area contributed by atoms with Gasteiger partial charge >= 0.3 is 37.9 Å². The van der Waals surface area contributed by atoms with Crippen LogP contribution in [0.2, 0.25) is 0 Å². The van der Waals surface area contributed by atoms with Crippen LogP contribution in [-0.2, 0) is 30.3 Å². The fraction of sp³-hybridized carbons (Fsp3) is 0.391. The molecule has 2 fully saturated rings. The van der Waals surface area contributed by atoms with Crippen LogP contribution in [0.3, 0.4) is 0 Å². The maximum absolute atomic E-state index is 4.93. The van der Waals surface area contributed by atoms with Gasteiger partial charge in [0.05, 0.1) is 0 Å². The third-order valence-corrected chi connectivity index (χ3v) is 6.65. The second-order valence-corrected chi connectivity index (χ2v) is 13.0. The summed E-state index contributed by atoms with van der Waals surface area (Å²) in [4.78, 5) is 0. The van der Waals surface area contributed by atoms with E-state index in [4.69, 9.17) is 26.5 Å². The van der Waals surface area contributed by atoms with Gasteiger partial charge in [0.15, 0.2) is 0 Å². The number of rotatable bonds is 6. The van der Waals surface area contributed by atoms with Gasteiger partial charge in [-0.15, -0.1) is 0 Å². The quantitative estimate of drug-likeness (QED) is 0.222. The maximum atomic E-state index is 4.93. The Labute approximate surface area is 205 Å². The van der Waals surface area contributed by atoms with Crippen molar-refractivity contribution in [2.75, 3.05) is 25.5 Å². The third-order valence-electron chi connectivity index (χ3n) is 3.96. The van der Waals surface area contributed by atoms with E-state index in [2.05, 4.69) is 60.7 Å². The molecule has 0 aliphatic carbocycles. The molecule has 2 nitrogen and oxygen atoms in total. The molecule has 4 rings (SSSR count). The number of hydrogen-bond donors (Lipinski definition) is 0. The average Bonchev–Trinajstić information content (AvgIpc) is 3.55. The number of hydrogen-bond acceptors (Lipinski definition) is 2. The van der Waals surface area contributed by atoms with Gasteiger partial charge in [0.2, 0.25) is 0 Å². The van der Waals surface area contributed by atoms with E-state index in [0.29, 0.717) is 0 Å². The van der Waals surface area contributed by atoms with E-state index in [-0.39, 0.29) is 0 Å². The Hall–Kier alpha value is 0.683. The van der Waals surface area contributed by atoms with Crippen LogP contribution in [0, 0.1) is 13.2 Å². The standard InChI is InChI=1S/C15H18P2.2C4H7O.2ClH.Zr/c1-3-8-14(9-4-1)16-12-7-13-17-15-10-5-2-6-11-15;2*1-2-4-5-3-1;;;/h1-6,8-11,16-17H,7,12-13H2;2*3H,1-2,4H2;2*1H;/q;2*-1;;;+4/p-2. The van der Waals surface area contributed by atoms with Crippen molar-refractivity contribution in [1.82, 2.24) is 0 Å². The summed E-state index contributed by atoms with van der Waals surface area (Å²) in [6.45, 7) is 5.61. The molecule has 164 valence electrons. The van der Waals surface area contributed by atoms with Crippen LogP contribution in [0.25, 0.3) is 0 Å². The van der Waals surface area contributed by atoms with Gasteiger partial charge in [0.1, 0.15) is 0 Å². The fourth-order valence-corrected chi connectivity index (χ4v) is 4.99. The first-order valence-electron chi connectivity index (χ1n) is 10.3. The molecule has 0 saturated carbocycles. The van der Waals surface area contributed by atoms with Crippen LogP contribution in [0.1, 0.15) is 32.1 Å². The maximum Gasteiger partial charge on any atom is -0.0271 e. The molecule has 0 bridgehead atoms. The van der Waals surface area contributed by atoms with Crippen LogP contribution in [0.5, 0.6) is 0 Å². The summed E-state index contributed by atoms with van der Waals surface area (Å²) >= 11 is -0.826. The first-order valence-corrected chi connectivity index (χ1v) is 19.0. The molecule has 2 atom stereocenters. The Morgan fingerprint density at radius 3 is 1.40 bits per heavy atom. The Bertz CT molecular complexity index is 520. The molecule has 0 aromatic heterocycles. The van der Waals surface area contributed by atoms with Crippen LogP contribution in [-0.4, -0.2) is 25.5 Å². The number of ether oxygens (including phenoxy) is 2. The monoisotopic (exact) mass is 562 g/mol. The van der Waals surface area contributed by atoms with Crippen LogP contribution in [0.4, 0.5) is 0 Å². The zero-order valence-electron chi connectivity index (χ0n) is 17.4. The van der Waals surface area contributed by atoms with Crippen LogP contribution >= 0.6 is 34.2 Å². The van der Waals surface area contributed by atoms with Gasteiger partial charge < -0.3 is 9.47 Å². The minimum atomic E-state index is -0.826. The Morgan fingerprint density at radius 1 is 0.733 bits per heavy atom. The Morgan fingerprint density at radius 2 is 1.13 bits per heavy atom. The zero-order valence-corrected chi connectivity index (χ0v) is 23.3. The van der Waals surface area contributed by atoms with Crippen molar-refractivity contribution < 1.29 is 30.3 Å². The molecule has 2 aliphatic rings. The molecule has 2 aliphatic heterocycles. The average molecular weight is 565 g/mol. The SMILES string of the molecule is [CH-]1CCCO1.[CH-]1CCCO1.[Cl][Zr+2][Cl].c1ccc(PCCCPc2ccccc2)cc1. The molecule has 2 aromatic rings. The molecule has 0 spiro atoms. The van der Waals surface area contributed by atoms with Gasteiger partial charge in [0, 0.05) is 13.2 Å². The predicted molar refractivity (Wildman–Crippen MR) is 134 cm³/mol. The second kappa shape index (κ2) is 22.9. The summed E-state index contributed by atoms with van der Waals surface area (Å²) in [5.41, 5.74) is 0. The van der Waals surface area contributed by atoms with E-state index in [1.807, 2.05) is 13.2 Å². The summed E-state index contributed by atoms with van der Waals surface area (Å²) in [6.07, 6.45) is 8.77. The van der Waals surface area contributed by atoms with Crippen molar-refractivity contribution in [2.24, 2.45) is 0 Å². The summed E-state index contributed by atoms with van der Waals surface area (Å²) in [6, 6.07) is 21.6. The van der Waals surface area contributed by atoms with E-state index >= 15 is 0 Å². The first-order chi connectivity index (χ1) is 14.9. The van der Waals surface area contributed by atoms with Crippen molar-refractivity contribution in [1.29, 1.82) is 0 Å². The molecule has 30 heavy (non-hydrogen) atoms. The van der Waals surface area contributed by atoms with Crippen LogP contribution in [0.15, 0.2) is 60.7 Å².